The van der Waals surface area contributed by atoms with E-state index in [-0.39, 0.29) is 17.4 Å². The fourth-order valence-corrected chi connectivity index (χ4v) is 9.92. The van der Waals surface area contributed by atoms with Gasteiger partial charge in [-0.3, -0.25) is 4.79 Å². The van der Waals surface area contributed by atoms with Gasteiger partial charge < -0.3 is 26.6 Å². The Labute approximate surface area is 244 Å². The summed E-state index contributed by atoms with van der Waals surface area (Å²) in [7, 11) is 0. The first kappa shape index (κ1) is 32.0. The molecule has 4 rings (SSSR count). The van der Waals surface area contributed by atoms with E-state index >= 15 is 0 Å². The molecule has 6 heteroatoms. The smallest absolute Gasteiger partial charge is 0.306 e. The molecule has 0 radical (unpaired) electrons. The van der Waals surface area contributed by atoms with Crippen LogP contribution in [0.15, 0.2) is 11.6 Å². The number of aliphatic carboxylic acids is 1. The van der Waals surface area contributed by atoms with E-state index in [1.54, 1.807) is 0 Å². The van der Waals surface area contributed by atoms with E-state index in [0.717, 1.165) is 71.1 Å². The van der Waals surface area contributed by atoms with E-state index in [4.69, 9.17) is 5.73 Å². The van der Waals surface area contributed by atoms with Gasteiger partial charge in [0, 0.05) is 6.04 Å². The van der Waals surface area contributed by atoms with Gasteiger partial charge in [0.2, 0.25) is 0 Å². The molecule has 6 N–H and O–H groups in total. The summed E-state index contributed by atoms with van der Waals surface area (Å²) >= 11 is 0. The van der Waals surface area contributed by atoms with E-state index < -0.39 is 5.97 Å². The molecule has 230 valence electrons. The van der Waals surface area contributed by atoms with Crippen molar-refractivity contribution in [2.24, 2.45) is 52.1 Å². The first-order chi connectivity index (χ1) is 19.1. The molecule has 40 heavy (non-hydrogen) atoms. The minimum Gasteiger partial charge on any atom is -0.481 e. The first-order valence-electron chi connectivity index (χ1n) is 16.9. The van der Waals surface area contributed by atoms with Gasteiger partial charge in [-0.25, -0.2) is 0 Å². The van der Waals surface area contributed by atoms with Gasteiger partial charge in [0.15, 0.2) is 0 Å². The largest absolute Gasteiger partial charge is 0.481 e. The van der Waals surface area contributed by atoms with E-state index in [9.17, 15) is 15.0 Å². The zero-order valence-corrected chi connectivity index (χ0v) is 26.1. The van der Waals surface area contributed by atoms with Crippen LogP contribution in [0.1, 0.15) is 111 Å². The lowest BCUT2D eigenvalue weighted by Gasteiger charge is -2.60. The minimum atomic E-state index is -0.668. The monoisotopic (exact) mass is 559 g/mol. The minimum absolute atomic E-state index is 0.212. The normalized spacial score (nSPS) is 38.6. The third kappa shape index (κ3) is 6.82. The number of carboxylic acid groups (broad SMARTS) is 1. The fraction of sp³-hybridized carbons (Fsp3) is 0.912. The van der Waals surface area contributed by atoms with Crippen molar-refractivity contribution >= 4 is 5.97 Å². The Kier molecular flexibility index (Phi) is 11.2. The molecule has 3 fully saturated rings. The van der Waals surface area contributed by atoms with Crippen LogP contribution in [0.2, 0.25) is 0 Å². The highest BCUT2D eigenvalue weighted by Crippen LogP contribution is 2.67. The van der Waals surface area contributed by atoms with E-state index in [0.29, 0.717) is 41.0 Å². The molecule has 0 spiro atoms. The maximum atomic E-state index is 11.7. The molecule has 0 aromatic heterocycles. The quantitative estimate of drug-likeness (QED) is 0.129. The molecule has 0 heterocycles. The number of nitrogens with one attached hydrogen (secondary N) is 2. The van der Waals surface area contributed by atoms with Gasteiger partial charge in [0.25, 0.3) is 0 Å². The standard InChI is InChI=1S/C34H61N3O3/c1-23(9-7-10-24(2)32(39)40)27-11-12-28-31-29(14-16-34(27,28)4)33(3)15-13-26(21-25(33)22-30(31)38)37-20-8-19-36-18-6-5-17-35/h21,23-24,26-31,36-38H,5-20,22,35H2,1-4H3,(H,39,40)/t23-,24-,26+,27-,28?,29?,30-,31?,33+,34-/m1/s1. The molecule has 0 bridgehead atoms. The zero-order valence-electron chi connectivity index (χ0n) is 26.1. The number of aliphatic hydroxyl groups excluding tert-OH is 1. The average Bonchev–Trinajstić information content (AvgIpc) is 3.27. The van der Waals surface area contributed by atoms with Crippen molar-refractivity contribution in [3.05, 3.63) is 11.6 Å². The highest BCUT2D eigenvalue weighted by Gasteiger charge is 2.61. The van der Waals surface area contributed by atoms with Crippen LogP contribution in [0.5, 0.6) is 0 Å². The van der Waals surface area contributed by atoms with Gasteiger partial charge in [0.05, 0.1) is 12.0 Å². The van der Waals surface area contributed by atoms with Crippen LogP contribution in [0.25, 0.3) is 0 Å². The number of rotatable bonds is 15. The number of nitrogens with two attached hydrogens (primary N) is 1. The van der Waals surface area contributed by atoms with Crippen LogP contribution < -0.4 is 16.4 Å². The van der Waals surface area contributed by atoms with Crippen molar-refractivity contribution in [1.82, 2.24) is 10.6 Å². The second kappa shape index (κ2) is 14.0. The molecule has 0 aromatic rings. The van der Waals surface area contributed by atoms with Gasteiger partial charge >= 0.3 is 5.97 Å². The Hall–Kier alpha value is -0.950. The highest BCUT2D eigenvalue weighted by atomic mass is 16.4. The highest BCUT2D eigenvalue weighted by molar-refractivity contribution is 5.69. The second-order valence-corrected chi connectivity index (χ2v) is 14.7. The van der Waals surface area contributed by atoms with Crippen LogP contribution in [0.4, 0.5) is 0 Å². The predicted molar refractivity (Wildman–Crippen MR) is 164 cm³/mol. The van der Waals surface area contributed by atoms with E-state index in [2.05, 4.69) is 37.5 Å². The number of hydrogen-bond acceptors (Lipinski definition) is 5. The number of hydrogen-bond donors (Lipinski definition) is 5. The van der Waals surface area contributed by atoms with E-state index in [1.807, 2.05) is 6.92 Å². The SMILES string of the molecule is C[C@H](CCC[C@@H](C)[C@H]1CCC2C3C(CC[C@@]21C)[C@@]1(C)CC[C@H](NCCCNCCCCN)C=C1C[C@H]3O)C(=O)O. The summed E-state index contributed by atoms with van der Waals surface area (Å²) in [6, 6.07) is 0.443. The third-order valence-electron chi connectivity index (χ3n) is 12.4. The molecule has 10 atom stereocenters. The maximum Gasteiger partial charge on any atom is 0.306 e. The summed E-state index contributed by atoms with van der Waals surface area (Å²) in [4.78, 5) is 11.3. The number of fused-ring (bicyclic) bond motifs is 5. The Morgan fingerprint density at radius 2 is 1.77 bits per heavy atom. The summed E-state index contributed by atoms with van der Waals surface area (Å²) in [5.41, 5.74) is 7.66. The Morgan fingerprint density at radius 1 is 1.00 bits per heavy atom. The van der Waals surface area contributed by atoms with Crippen molar-refractivity contribution in [2.45, 2.75) is 123 Å². The lowest BCUT2D eigenvalue weighted by atomic mass is 9.45. The van der Waals surface area contributed by atoms with Crippen molar-refractivity contribution in [3.8, 4) is 0 Å². The number of carboxylic acids is 1. The topological polar surface area (TPSA) is 108 Å². The number of unbranched alkanes of at least 4 members (excludes halogenated alkanes) is 1. The van der Waals surface area contributed by atoms with Crippen LogP contribution in [-0.2, 0) is 4.79 Å². The molecule has 0 saturated heterocycles. The summed E-state index contributed by atoms with van der Waals surface area (Å²) < 4.78 is 0. The van der Waals surface area contributed by atoms with Gasteiger partial charge in [0.1, 0.15) is 0 Å². The summed E-state index contributed by atoms with van der Waals surface area (Å²) in [6.45, 7) is 13.3. The van der Waals surface area contributed by atoms with Crippen molar-refractivity contribution < 1.29 is 15.0 Å². The maximum absolute atomic E-state index is 11.7. The molecule has 0 aromatic carbocycles. The van der Waals surface area contributed by atoms with Crippen LogP contribution >= 0.6 is 0 Å². The number of carbonyl (C=O) groups is 1. The zero-order chi connectivity index (χ0) is 28.9. The summed E-state index contributed by atoms with van der Waals surface area (Å²) in [5, 5.41) is 28.3. The van der Waals surface area contributed by atoms with E-state index in [1.165, 1.54) is 44.1 Å². The Morgan fingerprint density at radius 3 is 2.52 bits per heavy atom. The molecule has 0 aliphatic heterocycles. The first-order valence-corrected chi connectivity index (χ1v) is 16.9. The third-order valence-corrected chi connectivity index (χ3v) is 12.4. The lowest BCUT2D eigenvalue weighted by molar-refractivity contribution is -0.141. The molecule has 4 aliphatic rings. The summed E-state index contributed by atoms with van der Waals surface area (Å²) in [6.07, 6.45) is 17.0. The molecule has 0 amide bonds. The second-order valence-electron chi connectivity index (χ2n) is 14.7. The molecule has 3 saturated carbocycles. The van der Waals surface area contributed by atoms with Gasteiger partial charge in [-0.05, 0) is 137 Å². The summed E-state index contributed by atoms with van der Waals surface area (Å²) in [5.74, 6) is 2.07. The van der Waals surface area contributed by atoms with Crippen molar-refractivity contribution in [1.29, 1.82) is 0 Å². The molecular weight excluding hydrogens is 498 g/mol. The van der Waals surface area contributed by atoms with Crippen LogP contribution in [0.3, 0.4) is 0 Å². The van der Waals surface area contributed by atoms with Crippen molar-refractivity contribution in [3.63, 3.8) is 0 Å². The molecular formula is C34H61N3O3. The predicted octanol–water partition coefficient (Wildman–Crippen LogP) is 5.74. The Bertz CT molecular complexity index is 863. The molecule has 4 aliphatic carbocycles. The molecule has 3 unspecified atom stereocenters. The Balaban J connectivity index is 1.33. The van der Waals surface area contributed by atoms with Crippen LogP contribution in [-0.4, -0.2) is 54.5 Å². The average molecular weight is 560 g/mol. The van der Waals surface area contributed by atoms with Gasteiger partial charge in [-0.1, -0.05) is 52.2 Å². The molecule has 6 nitrogen and oxygen atoms in total. The van der Waals surface area contributed by atoms with Gasteiger partial charge in [-0.2, -0.15) is 0 Å². The fourth-order valence-electron chi connectivity index (χ4n) is 9.92. The number of aliphatic hydroxyl groups is 1. The van der Waals surface area contributed by atoms with Crippen molar-refractivity contribution in [2.75, 3.05) is 26.2 Å². The lowest BCUT2D eigenvalue weighted by Crippen LogP contribution is -2.56. The van der Waals surface area contributed by atoms with Gasteiger partial charge in [-0.15, -0.1) is 0 Å². The van der Waals surface area contributed by atoms with Crippen LogP contribution in [0, 0.1) is 46.3 Å².